The number of unbranched alkanes of at least 4 members (excludes halogenated alkanes) is 1. The number of hydrogen-bond acceptors (Lipinski definition) is 0. The Morgan fingerprint density at radius 3 is 1.89 bits per heavy atom. The molecule has 2 aliphatic carbocycles. The van der Waals surface area contributed by atoms with Gasteiger partial charge in [-0.1, -0.05) is 38.3 Å². The van der Waals surface area contributed by atoms with Crippen molar-refractivity contribution in [3.63, 3.8) is 0 Å². The van der Waals surface area contributed by atoms with E-state index in [2.05, 4.69) is 19.1 Å². The Morgan fingerprint density at radius 2 is 1.36 bits per heavy atom. The van der Waals surface area contributed by atoms with E-state index in [0.29, 0.717) is 5.56 Å². The van der Waals surface area contributed by atoms with Gasteiger partial charge in [-0.2, -0.15) is 0 Å². The van der Waals surface area contributed by atoms with Crippen molar-refractivity contribution in [1.82, 2.24) is 0 Å². The van der Waals surface area contributed by atoms with Gasteiger partial charge in [0.1, 0.15) is 0 Å². The number of rotatable bonds is 7. The molecular formula is C25H35F3. The van der Waals surface area contributed by atoms with Gasteiger partial charge in [-0.15, -0.1) is 0 Å². The lowest BCUT2D eigenvalue weighted by Crippen LogP contribution is -2.17. The molecule has 0 spiro atoms. The Kier molecular flexibility index (Phi) is 8.05. The van der Waals surface area contributed by atoms with Gasteiger partial charge in [0, 0.05) is 0 Å². The van der Waals surface area contributed by atoms with Gasteiger partial charge >= 0.3 is 0 Å². The Hall–Kier alpha value is -1.25. The maximum Gasteiger partial charge on any atom is 0.194 e. The molecular weight excluding hydrogens is 357 g/mol. The zero-order valence-corrected chi connectivity index (χ0v) is 17.2. The van der Waals surface area contributed by atoms with Crippen LogP contribution in [0.5, 0.6) is 0 Å². The molecule has 3 heteroatoms. The van der Waals surface area contributed by atoms with E-state index in [0.717, 1.165) is 43.4 Å². The summed E-state index contributed by atoms with van der Waals surface area (Å²) >= 11 is 0. The van der Waals surface area contributed by atoms with E-state index in [4.69, 9.17) is 0 Å². The highest BCUT2D eigenvalue weighted by Crippen LogP contribution is 2.40. The molecule has 3 rings (SSSR count). The molecule has 28 heavy (non-hydrogen) atoms. The van der Waals surface area contributed by atoms with Gasteiger partial charge in [-0.05, 0) is 99.2 Å². The predicted octanol–water partition coefficient (Wildman–Crippen LogP) is 8.32. The Balaban J connectivity index is 1.37. The monoisotopic (exact) mass is 392 g/mol. The first kappa shape index (κ1) is 21.5. The van der Waals surface area contributed by atoms with E-state index in [1.165, 1.54) is 63.5 Å². The lowest BCUT2D eigenvalue weighted by molar-refractivity contribution is 0.245. The summed E-state index contributed by atoms with van der Waals surface area (Å²) in [6.45, 7) is 2.23. The number of benzene rings is 1. The van der Waals surface area contributed by atoms with Crippen molar-refractivity contribution in [1.29, 1.82) is 0 Å². The Labute approximate surface area is 168 Å². The van der Waals surface area contributed by atoms with Gasteiger partial charge in [0.25, 0.3) is 0 Å². The Morgan fingerprint density at radius 1 is 0.821 bits per heavy atom. The normalized spacial score (nSPS) is 28.7. The summed E-state index contributed by atoms with van der Waals surface area (Å²) in [7, 11) is 0. The zero-order valence-electron chi connectivity index (χ0n) is 17.2. The molecule has 1 aromatic rings. The van der Waals surface area contributed by atoms with Crippen LogP contribution in [0.15, 0.2) is 24.3 Å². The molecule has 0 N–H and O–H groups in total. The fourth-order valence-electron chi connectivity index (χ4n) is 5.19. The fourth-order valence-corrected chi connectivity index (χ4v) is 5.19. The third kappa shape index (κ3) is 5.87. The van der Waals surface area contributed by atoms with Crippen LogP contribution in [-0.2, 0) is 0 Å². The SMILES string of the molecule is CCC/C=C/C1CCC(CCC2CCC(c3cc(F)c(F)c(F)c3)CC2)CC1. The molecule has 0 saturated heterocycles. The lowest BCUT2D eigenvalue weighted by Gasteiger charge is -2.31. The van der Waals surface area contributed by atoms with Gasteiger partial charge in [0.2, 0.25) is 0 Å². The van der Waals surface area contributed by atoms with Gasteiger partial charge in [-0.25, -0.2) is 13.2 Å². The van der Waals surface area contributed by atoms with Crippen LogP contribution in [-0.4, -0.2) is 0 Å². The Bertz CT molecular complexity index is 612. The van der Waals surface area contributed by atoms with Crippen LogP contribution in [0, 0.1) is 35.2 Å². The topological polar surface area (TPSA) is 0 Å². The first-order chi connectivity index (χ1) is 13.6. The zero-order chi connectivity index (χ0) is 19.9. The molecule has 0 bridgehead atoms. The minimum absolute atomic E-state index is 0.172. The molecule has 0 unspecified atom stereocenters. The van der Waals surface area contributed by atoms with Crippen LogP contribution in [0.1, 0.15) is 95.5 Å². The van der Waals surface area contributed by atoms with E-state index < -0.39 is 17.5 Å². The molecule has 0 radical (unpaired) electrons. The van der Waals surface area contributed by atoms with Crippen molar-refractivity contribution in [2.24, 2.45) is 17.8 Å². The fraction of sp³-hybridized carbons (Fsp3) is 0.680. The molecule has 0 atom stereocenters. The van der Waals surface area contributed by atoms with Crippen molar-refractivity contribution in [2.45, 2.75) is 89.9 Å². The minimum atomic E-state index is -1.35. The van der Waals surface area contributed by atoms with Crippen LogP contribution in [0.4, 0.5) is 13.2 Å². The predicted molar refractivity (Wildman–Crippen MR) is 110 cm³/mol. The summed E-state index contributed by atoms with van der Waals surface area (Å²) in [5.74, 6) is -0.870. The van der Waals surface area contributed by atoms with E-state index in [-0.39, 0.29) is 5.92 Å². The van der Waals surface area contributed by atoms with Crippen LogP contribution < -0.4 is 0 Å². The third-order valence-corrected chi connectivity index (χ3v) is 7.06. The molecule has 0 heterocycles. The second-order valence-electron chi connectivity index (χ2n) is 9.09. The second kappa shape index (κ2) is 10.5. The van der Waals surface area contributed by atoms with Gasteiger partial charge in [0.15, 0.2) is 17.5 Å². The molecule has 0 amide bonds. The summed E-state index contributed by atoms with van der Waals surface area (Å²) in [5, 5.41) is 0. The number of allylic oxidation sites excluding steroid dienone is 2. The molecule has 0 aliphatic heterocycles. The largest absolute Gasteiger partial charge is 0.204 e. The van der Waals surface area contributed by atoms with Crippen LogP contribution in [0.25, 0.3) is 0 Å². The average molecular weight is 393 g/mol. The van der Waals surface area contributed by atoms with Crippen molar-refractivity contribution in [3.05, 3.63) is 47.3 Å². The quantitative estimate of drug-likeness (QED) is 0.323. The van der Waals surface area contributed by atoms with Crippen molar-refractivity contribution < 1.29 is 13.2 Å². The highest BCUT2D eigenvalue weighted by atomic mass is 19.2. The van der Waals surface area contributed by atoms with Gasteiger partial charge in [0.05, 0.1) is 0 Å². The molecule has 0 aromatic heterocycles. The lowest BCUT2D eigenvalue weighted by atomic mass is 9.74. The maximum atomic E-state index is 13.5. The average Bonchev–Trinajstić information content (AvgIpc) is 2.71. The molecule has 0 nitrogen and oxygen atoms in total. The molecule has 1 aromatic carbocycles. The highest BCUT2D eigenvalue weighted by Gasteiger charge is 2.26. The standard InChI is InChI=1S/C25H35F3/c1-2-3-4-5-18-6-8-19(9-7-18)10-11-20-12-14-21(15-13-20)22-16-23(26)25(28)24(27)17-22/h4-5,16-21H,2-3,6-15H2,1H3/b5-4+. The van der Waals surface area contributed by atoms with Gasteiger partial charge < -0.3 is 0 Å². The second-order valence-corrected chi connectivity index (χ2v) is 9.09. The van der Waals surface area contributed by atoms with E-state index >= 15 is 0 Å². The number of hydrogen-bond donors (Lipinski definition) is 0. The van der Waals surface area contributed by atoms with Crippen LogP contribution >= 0.6 is 0 Å². The highest BCUT2D eigenvalue weighted by molar-refractivity contribution is 5.23. The van der Waals surface area contributed by atoms with E-state index in [1.54, 1.807) is 0 Å². The summed E-state index contributed by atoms with van der Waals surface area (Å²) in [4.78, 5) is 0. The van der Waals surface area contributed by atoms with Crippen LogP contribution in [0.2, 0.25) is 0 Å². The van der Waals surface area contributed by atoms with Crippen molar-refractivity contribution in [3.8, 4) is 0 Å². The molecule has 156 valence electrons. The molecule has 2 saturated carbocycles. The maximum absolute atomic E-state index is 13.5. The molecule has 2 aliphatic rings. The minimum Gasteiger partial charge on any atom is -0.204 e. The van der Waals surface area contributed by atoms with E-state index in [9.17, 15) is 13.2 Å². The third-order valence-electron chi connectivity index (χ3n) is 7.06. The van der Waals surface area contributed by atoms with E-state index in [1.807, 2.05) is 0 Å². The van der Waals surface area contributed by atoms with Crippen LogP contribution in [0.3, 0.4) is 0 Å². The first-order valence-electron chi connectivity index (χ1n) is 11.4. The van der Waals surface area contributed by atoms with Crippen molar-refractivity contribution >= 4 is 0 Å². The van der Waals surface area contributed by atoms with Crippen molar-refractivity contribution in [2.75, 3.05) is 0 Å². The summed E-state index contributed by atoms with van der Waals surface area (Å²) in [5.41, 5.74) is 0.629. The summed E-state index contributed by atoms with van der Waals surface area (Å²) in [6, 6.07) is 2.38. The number of halogens is 3. The van der Waals surface area contributed by atoms with Gasteiger partial charge in [-0.3, -0.25) is 0 Å². The first-order valence-corrected chi connectivity index (χ1v) is 11.4. The molecule has 2 fully saturated rings. The summed E-state index contributed by atoms with van der Waals surface area (Å²) in [6.07, 6.45) is 19.5. The summed E-state index contributed by atoms with van der Waals surface area (Å²) < 4.78 is 40.2. The smallest absolute Gasteiger partial charge is 0.194 e.